The van der Waals surface area contributed by atoms with Crippen LogP contribution in [-0.2, 0) is 4.79 Å². The van der Waals surface area contributed by atoms with E-state index in [1.54, 1.807) is 42.5 Å². The van der Waals surface area contributed by atoms with Crippen LogP contribution in [0, 0.1) is 5.92 Å². The second kappa shape index (κ2) is 10.2. The molecule has 0 fully saturated rings. The van der Waals surface area contributed by atoms with Crippen molar-refractivity contribution in [1.29, 1.82) is 0 Å². The van der Waals surface area contributed by atoms with Crippen molar-refractivity contribution in [3.63, 3.8) is 0 Å². The van der Waals surface area contributed by atoms with Crippen molar-refractivity contribution >= 4 is 23.4 Å². The number of amides is 2. The summed E-state index contributed by atoms with van der Waals surface area (Å²) in [6.07, 6.45) is 0. The summed E-state index contributed by atoms with van der Waals surface area (Å²) in [4.78, 5) is 51.8. The largest absolute Gasteiger partial charge is 0.497 e. The van der Waals surface area contributed by atoms with Crippen LogP contribution >= 0.6 is 0 Å². The van der Waals surface area contributed by atoms with E-state index in [4.69, 9.17) is 9.47 Å². The average Bonchev–Trinajstić information content (AvgIpc) is 2.84. The van der Waals surface area contributed by atoms with Gasteiger partial charge in [-0.05, 0) is 60.7 Å². The minimum atomic E-state index is -1.75. The van der Waals surface area contributed by atoms with Gasteiger partial charge in [-0.25, -0.2) is 0 Å². The van der Waals surface area contributed by atoms with Gasteiger partial charge in [0.05, 0.1) is 14.2 Å². The zero-order valence-corrected chi connectivity index (χ0v) is 17.5. The lowest BCUT2D eigenvalue weighted by molar-refractivity contribution is -0.121. The SMILES string of the molecule is COc1ccc(C(=O)C(C(=O)NC(=O)c2ccccc2)C(=O)c2ccc(OC)cc2)cc1. The summed E-state index contributed by atoms with van der Waals surface area (Å²) in [5.41, 5.74) is 0.508. The number of benzene rings is 3. The first-order valence-electron chi connectivity index (χ1n) is 9.71. The van der Waals surface area contributed by atoms with Crippen LogP contribution in [0.5, 0.6) is 11.5 Å². The van der Waals surface area contributed by atoms with Crippen LogP contribution in [0.4, 0.5) is 0 Å². The van der Waals surface area contributed by atoms with Crippen LogP contribution in [0.15, 0.2) is 78.9 Å². The topological polar surface area (TPSA) is 98.8 Å². The van der Waals surface area contributed by atoms with Crippen LogP contribution in [0.3, 0.4) is 0 Å². The fourth-order valence-corrected chi connectivity index (χ4v) is 3.05. The van der Waals surface area contributed by atoms with Gasteiger partial charge in [-0.15, -0.1) is 0 Å². The quantitative estimate of drug-likeness (QED) is 0.434. The molecule has 3 aromatic rings. The van der Waals surface area contributed by atoms with Gasteiger partial charge in [-0.1, -0.05) is 18.2 Å². The Labute approximate surface area is 185 Å². The first kappa shape index (κ1) is 22.4. The van der Waals surface area contributed by atoms with Crippen LogP contribution in [0.1, 0.15) is 31.1 Å². The molecule has 0 aliphatic heterocycles. The molecule has 0 heterocycles. The smallest absolute Gasteiger partial charge is 0.257 e. The van der Waals surface area contributed by atoms with Crippen molar-refractivity contribution in [1.82, 2.24) is 5.32 Å². The molecule has 0 atom stereocenters. The lowest BCUT2D eigenvalue weighted by Crippen LogP contribution is -2.43. The Morgan fingerprint density at radius 1 is 0.625 bits per heavy atom. The summed E-state index contributed by atoms with van der Waals surface area (Å²) in [5.74, 6) is -3.87. The molecule has 0 saturated carbocycles. The summed E-state index contributed by atoms with van der Waals surface area (Å²) in [6, 6.07) is 20.1. The van der Waals surface area contributed by atoms with Crippen molar-refractivity contribution in [2.24, 2.45) is 5.92 Å². The Kier molecular flexibility index (Phi) is 7.13. The summed E-state index contributed by atoms with van der Waals surface area (Å²) >= 11 is 0. The predicted molar refractivity (Wildman–Crippen MR) is 117 cm³/mol. The van der Waals surface area contributed by atoms with Crippen molar-refractivity contribution in [2.45, 2.75) is 0 Å². The number of imide groups is 1. The third-order valence-electron chi connectivity index (χ3n) is 4.81. The number of nitrogens with one attached hydrogen (secondary N) is 1. The van der Waals surface area contributed by atoms with E-state index in [-0.39, 0.29) is 16.7 Å². The van der Waals surface area contributed by atoms with Crippen LogP contribution in [0.2, 0.25) is 0 Å². The molecule has 0 aliphatic carbocycles. The highest BCUT2D eigenvalue weighted by atomic mass is 16.5. The highest BCUT2D eigenvalue weighted by molar-refractivity contribution is 6.29. The van der Waals surface area contributed by atoms with E-state index in [9.17, 15) is 19.2 Å². The van der Waals surface area contributed by atoms with E-state index in [0.29, 0.717) is 11.5 Å². The highest BCUT2D eigenvalue weighted by Gasteiger charge is 2.36. The molecule has 0 spiro atoms. The van der Waals surface area contributed by atoms with Gasteiger partial charge >= 0.3 is 0 Å². The minimum Gasteiger partial charge on any atom is -0.497 e. The lowest BCUT2D eigenvalue weighted by atomic mass is 9.89. The van der Waals surface area contributed by atoms with E-state index in [2.05, 4.69) is 5.32 Å². The number of methoxy groups -OCH3 is 2. The van der Waals surface area contributed by atoms with Crippen molar-refractivity contribution in [3.05, 3.63) is 95.6 Å². The Balaban J connectivity index is 1.93. The maximum absolute atomic E-state index is 13.2. The van der Waals surface area contributed by atoms with E-state index in [1.807, 2.05) is 0 Å². The Hall–Kier alpha value is -4.26. The Morgan fingerprint density at radius 3 is 1.47 bits per heavy atom. The Morgan fingerprint density at radius 2 is 1.06 bits per heavy atom. The van der Waals surface area contributed by atoms with Crippen LogP contribution in [0.25, 0.3) is 0 Å². The standard InChI is InChI=1S/C25H21NO6/c1-31-19-12-8-16(9-13-19)22(27)21(23(28)17-10-14-20(32-2)15-11-17)25(30)26-24(29)18-6-4-3-5-7-18/h3-15,21H,1-2H3,(H,26,29,30). The van der Waals surface area contributed by atoms with Gasteiger partial charge in [0.25, 0.3) is 5.91 Å². The van der Waals surface area contributed by atoms with Crippen LogP contribution < -0.4 is 14.8 Å². The molecule has 32 heavy (non-hydrogen) atoms. The molecule has 7 nitrogen and oxygen atoms in total. The molecule has 3 aromatic carbocycles. The molecule has 162 valence electrons. The molecule has 3 rings (SSSR count). The van der Waals surface area contributed by atoms with Gasteiger partial charge in [0.15, 0.2) is 17.5 Å². The zero-order valence-electron chi connectivity index (χ0n) is 17.5. The first-order chi connectivity index (χ1) is 15.4. The number of carbonyl (C=O) groups excluding carboxylic acids is 4. The van der Waals surface area contributed by atoms with Gasteiger partial charge < -0.3 is 9.47 Å². The van der Waals surface area contributed by atoms with Gasteiger partial charge in [0.2, 0.25) is 5.91 Å². The first-order valence-corrected chi connectivity index (χ1v) is 9.71. The second-order valence-electron chi connectivity index (χ2n) is 6.80. The van der Waals surface area contributed by atoms with Gasteiger partial charge in [-0.3, -0.25) is 24.5 Å². The molecule has 0 unspecified atom stereocenters. The van der Waals surface area contributed by atoms with Crippen molar-refractivity contribution < 1.29 is 28.7 Å². The molecule has 0 aliphatic rings. The summed E-state index contributed by atoms with van der Waals surface area (Å²) in [7, 11) is 2.96. The molecule has 0 aromatic heterocycles. The summed E-state index contributed by atoms with van der Waals surface area (Å²) < 4.78 is 10.2. The maximum atomic E-state index is 13.2. The fourth-order valence-electron chi connectivity index (χ4n) is 3.05. The third kappa shape index (κ3) is 5.07. The highest BCUT2D eigenvalue weighted by Crippen LogP contribution is 2.20. The number of ketones is 2. The molecule has 7 heteroatoms. The van der Waals surface area contributed by atoms with E-state index >= 15 is 0 Å². The van der Waals surface area contributed by atoms with Gasteiger partial charge in [0.1, 0.15) is 11.5 Å². The van der Waals surface area contributed by atoms with Gasteiger partial charge in [0, 0.05) is 16.7 Å². The lowest BCUT2D eigenvalue weighted by Gasteiger charge is -2.15. The molecule has 0 bridgehead atoms. The maximum Gasteiger partial charge on any atom is 0.257 e. The minimum absolute atomic E-state index is 0.139. The molecule has 2 amide bonds. The number of rotatable bonds is 8. The number of ether oxygens (including phenoxy) is 2. The van der Waals surface area contributed by atoms with Crippen LogP contribution in [-0.4, -0.2) is 37.6 Å². The number of carbonyl (C=O) groups is 4. The summed E-state index contributed by atoms with van der Waals surface area (Å²) in [6.45, 7) is 0. The number of hydrogen-bond acceptors (Lipinski definition) is 6. The normalized spacial score (nSPS) is 10.3. The average molecular weight is 431 g/mol. The van der Waals surface area contributed by atoms with Crippen molar-refractivity contribution in [2.75, 3.05) is 14.2 Å². The van der Waals surface area contributed by atoms with E-state index in [1.165, 1.54) is 50.6 Å². The number of hydrogen-bond donors (Lipinski definition) is 1. The number of Topliss-reactive ketones (excluding diaryl/α,β-unsaturated/α-hetero) is 2. The molecule has 0 radical (unpaired) electrons. The predicted octanol–water partition coefficient (Wildman–Crippen LogP) is 3.34. The third-order valence-corrected chi connectivity index (χ3v) is 4.81. The van der Waals surface area contributed by atoms with Gasteiger partial charge in [-0.2, -0.15) is 0 Å². The molecule has 0 saturated heterocycles. The van der Waals surface area contributed by atoms with Crippen molar-refractivity contribution in [3.8, 4) is 11.5 Å². The summed E-state index contributed by atoms with van der Waals surface area (Å²) in [5, 5.41) is 2.17. The molecular formula is C25H21NO6. The zero-order chi connectivity index (χ0) is 23.1. The second-order valence-corrected chi connectivity index (χ2v) is 6.80. The Bertz CT molecular complexity index is 1060. The monoisotopic (exact) mass is 431 g/mol. The fraction of sp³-hybridized carbons (Fsp3) is 0.120. The molecule has 1 N–H and O–H groups in total. The van der Waals surface area contributed by atoms with E-state index < -0.39 is 29.3 Å². The van der Waals surface area contributed by atoms with E-state index in [0.717, 1.165) is 0 Å². The molecular weight excluding hydrogens is 410 g/mol.